The third-order valence-electron chi connectivity index (χ3n) is 6.10. The maximum atomic E-state index is 13.3. The highest BCUT2D eigenvalue weighted by Crippen LogP contribution is 2.38. The molecule has 0 bridgehead atoms. The molecule has 1 aromatic heterocycles. The Hall–Kier alpha value is -3.98. The second-order valence-electron chi connectivity index (χ2n) is 9.30. The van der Waals surface area contributed by atoms with E-state index in [4.69, 9.17) is 4.74 Å². The number of carbonyl (C=O) groups is 2. The Bertz CT molecular complexity index is 1450. The van der Waals surface area contributed by atoms with Crippen LogP contribution in [-0.2, 0) is 30.8 Å². The number of anilines is 1. The van der Waals surface area contributed by atoms with Crippen LogP contribution < -0.4 is 5.32 Å². The summed E-state index contributed by atoms with van der Waals surface area (Å²) in [4.78, 5) is 30.6. The lowest BCUT2D eigenvalue weighted by molar-refractivity contribution is -0.138. The standard InChI is InChI=1S/C28H29N3O5S/c1-18(2)17-20-12-14-21(15-13-20)19(3)28(33)36-26-22-9-5-6-10-23(22)37(34,35)31(4)25(26)27(32)30-24-11-7-8-16-29-24/h5-16,18-19H,17H2,1-4H3,(H,29,30,32). The van der Waals surface area contributed by atoms with E-state index in [1.807, 2.05) is 24.3 Å². The van der Waals surface area contributed by atoms with Crippen LogP contribution in [0.25, 0.3) is 5.76 Å². The minimum Gasteiger partial charge on any atom is -0.423 e. The van der Waals surface area contributed by atoms with Gasteiger partial charge in [0.25, 0.3) is 15.9 Å². The molecule has 0 saturated carbocycles. The van der Waals surface area contributed by atoms with Gasteiger partial charge in [-0.15, -0.1) is 0 Å². The van der Waals surface area contributed by atoms with Gasteiger partial charge < -0.3 is 10.1 Å². The first-order chi connectivity index (χ1) is 17.6. The van der Waals surface area contributed by atoms with Gasteiger partial charge in [0, 0.05) is 18.8 Å². The summed E-state index contributed by atoms with van der Waals surface area (Å²) in [6.45, 7) is 5.99. The minimum atomic E-state index is -4.06. The Labute approximate surface area is 217 Å². The molecule has 0 radical (unpaired) electrons. The average Bonchev–Trinajstić information content (AvgIpc) is 2.87. The van der Waals surface area contributed by atoms with Crippen LogP contribution in [0.15, 0.2) is 83.5 Å². The molecule has 37 heavy (non-hydrogen) atoms. The Balaban J connectivity index is 1.72. The van der Waals surface area contributed by atoms with E-state index in [-0.39, 0.29) is 27.7 Å². The Morgan fingerprint density at radius 3 is 2.30 bits per heavy atom. The number of fused-ring (bicyclic) bond motifs is 1. The van der Waals surface area contributed by atoms with E-state index in [0.717, 1.165) is 16.3 Å². The second-order valence-corrected chi connectivity index (χ2v) is 11.2. The third-order valence-corrected chi connectivity index (χ3v) is 7.92. The van der Waals surface area contributed by atoms with E-state index in [1.54, 1.807) is 37.3 Å². The van der Waals surface area contributed by atoms with Crippen LogP contribution in [0, 0.1) is 5.92 Å². The van der Waals surface area contributed by atoms with Crippen molar-refractivity contribution in [2.24, 2.45) is 5.92 Å². The van der Waals surface area contributed by atoms with Crippen molar-refractivity contribution >= 4 is 33.5 Å². The number of esters is 1. The molecule has 0 fully saturated rings. The van der Waals surface area contributed by atoms with Crippen molar-refractivity contribution in [1.82, 2.24) is 9.29 Å². The second kappa shape index (κ2) is 10.6. The van der Waals surface area contributed by atoms with E-state index in [9.17, 15) is 18.0 Å². The number of aromatic nitrogens is 1. The molecule has 0 aliphatic carbocycles. The average molecular weight is 520 g/mol. The van der Waals surface area contributed by atoms with Gasteiger partial charge in [0.1, 0.15) is 5.82 Å². The first-order valence-electron chi connectivity index (χ1n) is 11.9. The van der Waals surface area contributed by atoms with Gasteiger partial charge >= 0.3 is 5.97 Å². The van der Waals surface area contributed by atoms with Crippen molar-refractivity contribution in [3.05, 3.63) is 95.3 Å². The number of ether oxygens (including phenoxy) is 1. The largest absolute Gasteiger partial charge is 0.423 e. The summed E-state index contributed by atoms with van der Waals surface area (Å²) in [5, 5.41) is 2.59. The number of carbonyl (C=O) groups excluding carboxylic acids is 2. The van der Waals surface area contributed by atoms with Crippen molar-refractivity contribution in [2.45, 2.75) is 38.0 Å². The molecule has 2 heterocycles. The maximum absolute atomic E-state index is 13.3. The highest BCUT2D eigenvalue weighted by molar-refractivity contribution is 7.89. The highest BCUT2D eigenvalue weighted by atomic mass is 32.2. The Morgan fingerprint density at radius 2 is 1.65 bits per heavy atom. The van der Waals surface area contributed by atoms with Gasteiger partial charge in [-0.3, -0.25) is 13.9 Å². The molecule has 1 unspecified atom stereocenters. The van der Waals surface area contributed by atoms with E-state index in [2.05, 4.69) is 24.1 Å². The predicted octanol–water partition coefficient (Wildman–Crippen LogP) is 4.57. The van der Waals surface area contributed by atoms with E-state index in [1.165, 1.54) is 30.9 Å². The smallest absolute Gasteiger partial charge is 0.318 e. The zero-order chi connectivity index (χ0) is 26.7. The number of nitrogens with zero attached hydrogens (tertiary/aromatic N) is 2. The molecule has 9 heteroatoms. The van der Waals surface area contributed by atoms with Crippen LogP contribution in [0.3, 0.4) is 0 Å². The summed E-state index contributed by atoms with van der Waals surface area (Å²) in [5.41, 5.74) is 1.75. The fourth-order valence-corrected chi connectivity index (χ4v) is 5.51. The molecule has 3 aromatic rings. The van der Waals surface area contributed by atoms with Crippen molar-refractivity contribution in [2.75, 3.05) is 12.4 Å². The summed E-state index contributed by atoms with van der Waals surface area (Å²) in [6.07, 6.45) is 2.42. The normalized spacial score (nSPS) is 15.2. The zero-order valence-corrected chi connectivity index (χ0v) is 22.0. The van der Waals surface area contributed by atoms with Gasteiger partial charge in [-0.1, -0.05) is 56.3 Å². The monoisotopic (exact) mass is 519 g/mol. The summed E-state index contributed by atoms with van der Waals surface area (Å²) in [5.74, 6) is -1.43. The molecular formula is C28H29N3O5S. The topological polar surface area (TPSA) is 106 Å². The lowest BCUT2D eigenvalue weighted by atomic mass is 9.97. The summed E-state index contributed by atoms with van der Waals surface area (Å²) < 4.78 is 33.1. The van der Waals surface area contributed by atoms with Gasteiger partial charge in [0.15, 0.2) is 11.5 Å². The number of pyridine rings is 1. The lowest BCUT2D eigenvalue weighted by Gasteiger charge is -2.30. The fraction of sp³-hybridized carbons (Fsp3) is 0.250. The Morgan fingerprint density at radius 1 is 0.973 bits per heavy atom. The molecule has 1 aliphatic rings. The van der Waals surface area contributed by atoms with Gasteiger partial charge in [-0.2, -0.15) is 0 Å². The fourth-order valence-electron chi connectivity index (χ4n) is 4.12. The van der Waals surface area contributed by atoms with Crippen LogP contribution in [0.4, 0.5) is 5.82 Å². The van der Waals surface area contributed by atoms with Gasteiger partial charge in [0.2, 0.25) is 0 Å². The molecule has 8 nitrogen and oxygen atoms in total. The Kier molecular flexibility index (Phi) is 7.45. The number of hydrogen-bond donors (Lipinski definition) is 1. The number of nitrogens with one attached hydrogen (secondary N) is 1. The van der Waals surface area contributed by atoms with Crippen molar-refractivity contribution in [3.63, 3.8) is 0 Å². The number of likely N-dealkylation sites (N-methyl/N-ethyl adjacent to an activating group) is 1. The van der Waals surface area contributed by atoms with Crippen LogP contribution in [0.1, 0.15) is 43.4 Å². The molecule has 1 amide bonds. The van der Waals surface area contributed by atoms with E-state index < -0.39 is 27.8 Å². The number of benzene rings is 2. The summed E-state index contributed by atoms with van der Waals surface area (Å²) in [7, 11) is -2.81. The summed E-state index contributed by atoms with van der Waals surface area (Å²) in [6, 6.07) is 18.8. The van der Waals surface area contributed by atoms with Crippen molar-refractivity contribution < 1.29 is 22.7 Å². The molecular weight excluding hydrogens is 490 g/mol. The van der Waals surface area contributed by atoms with Crippen LogP contribution in [-0.4, -0.2) is 36.6 Å². The maximum Gasteiger partial charge on any atom is 0.318 e. The third kappa shape index (κ3) is 5.41. The van der Waals surface area contributed by atoms with Gasteiger partial charge in [-0.25, -0.2) is 13.4 Å². The van der Waals surface area contributed by atoms with Crippen molar-refractivity contribution in [3.8, 4) is 0 Å². The highest BCUT2D eigenvalue weighted by Gasteiger charge is 2.40. The number of hydrogen-bond acceptors (Lipinski definition) is 6. The molecule has 1 aliphatic heterocycles. The van der Waals surface area contributed by atoms with Gasteiger partial charge in [0.05, 0.1) is 10.8 Å². The van der Waals surface area contributed by atoms with Crippen LogP contribution in [0.5, 0.6) is 0 Å². The van der Waals surface area contributed by atoms with E-state index >= 15 is 0 Å². The molecule has 4 rings (SSSR count). The molecule has 1 N–H and O–H groups in total. The van der Waals surface area contributed by atoms with Crippen LogP contribution in [0.2, 0.25) is 0 Å². The van der Waals surface area contributed by atoms with E-state index in [0.29, 0.717) is 5.92 Å². The van der Waals surface area contributed by atoms with Gasteiger partial charge in [-0.05, 0) is 54.7 Å². The predicted molar refractivity (Wildman–Crippen MR) is 141 cm³/mol. The number of rotatable bonds is 7. The quantitative estimate of drug-likeness (QED) is 0.459. The zero-order valence-electron chi connectivity index (χ0n) is 21.1. The number of amides is 1. The SMILES string of the molecule is CC(C)Cc1ccc(C(C)C(=O)OC2=C(C(=O)Nc3ccccn3)N(C)S(=O)(=O)c3ccccc32)cc1. The van der Waals surface area contributed by atoms with Crippen LogP contribution >= 0.6 is 0 Å². The van der Waals surface area contributed by atoms with Crippen molar-refractivity contribution in [1.29, 1.82) is 0 Å². The molecule has 1 atom stereocenters. The summed E-state index contributed by atoms with van der Waals surface area (Å²) >= 11 is 0. The lowest BCUT2D eigenvalue weighted by Crippen LogP contribution is -2.38. The first kappa shape index (κ1) is 26.1. The molecule has 2 aromatic carbocycles. The number of sulfonamides is 1. The molecule has 0 spiro atoms. The molecule has 0 saturated heterocycles. The first-order valence-corrected chi connectivity index (χ1v) is 13.4. The minimum absolute atomic E-state index is 0.0552. The molecule has 192 valence electrons.